The second-order valence-electron chi connectivity index (χ2n) is 5.30. The molecular weight excluding hydrogens is 247 g/mol. The van der Waals surface area contributed by atoms with Gasteiger partial charge in [-0.25, -0.2) is 9.37 Å². The van der Waals surface area contributed by atoms with Crippen LogP contribution in [0.15, 0.2) is 22.9 Å². The first kappa shape index (κ1) is 13.6. The van der Waals surface area contributed by atoms with E-state index in [1.165, 1.54) is 12.1 Å². The van der Waals surface area contributed by atoms with Crippen LogP contribution in [-0.2, 0) is 6.42 Å². The molecule has 6 heteroatoms. The van der Waals surface area contributed by atoms with E-state index in [1.807, 2.05) is 0 Å². The summed E-state index contributed by atoms with van der Waals surface area (Å²) < 4.78 is 17.9. The molecule has 2 aromatic rings. The number of hydrogen-bond donors (Lipinski definition) is 1. The van der Waals surface area contributed by atoms with Gasteiger partial charge >= 0.3 is 0 Å². The van der Waals surface area contributed by atoms with Gasteiger partial charge in [-0.2, -0.15) is 4.98 Å². The molecule has 0 spiro atoms. The summed E-state index contributed by atoms with van der Waals surface area (Å²) in [4.78, 5) is 8.13. The molecule has 0 aliphatic rings. The van der Waals surface area contributed by atoms with E-state index in [2.05, 4.69) is 41.2 Å². The summed E-state index contributed by atoms with van der Waals surface area (Å²) in [6.45, 7) is 7.03. The summed E-state index contributed by atoms with van der Waals surface area (Å²) in [6.07, 6.45) is 1.78. The Balaban J connectivity index is 1.97. The molecule has 0 aliphatic heterocycles. The highest BCUT2D eigenvalue weighted by molar-refractivity contribution is 5.47. The maximum atomic E-state index is 12.8. The van der Waals surface area contributed by atoms with Crippen molar-refractivity contribution in [3.8, 4) is 11.5 Å². The van der Waals surface area contributed by atoms with E-state index in [9.17, 15) is 4.39 Å². The molecule has 0 aliphatic carbocycles. The Morgan fingerprint density at radius 3 is 2.74 bits per heavy atom. The Morgan fingerprint density at radius 1 is 1.32 bits per heavy atom. The molecule has 0 bridgehead atoms. The average Bonchev–Trinajstić information content (AvgIpc) is 2.77. The van der Waals surface area contributed by atoms with Gasteiger partial charge in [-0.05, 0) is 32.9 Å². The lowest BCUT2D eigenvalue weighted by Gasteiger charge is -2.19. The monoisotopic (exact) mass is 264 g/mol. The zero-order chi connectivity index (χ0) is 13.9. The molecule has 2 heterocycles. The maximum absolute atomic E-state index is 12.8. The van der Waals surface area contributed by atoms with E-state index in [0.29, 0.717) is 23.8 Å². The summed E-state index contributed by atoms with van der Waals surface area (Å²) in [5.74, 6) is 0.533. The zero-order valence-corrected chi connectivity index (χ0v) is 11.3. The van der Waals surface area contributed by atoms with Crippen LogP contribution in [0.4, 0.5) is 4.39 Å². The van der Waals surface area contributed by atoms with Crippen molar-refractivity contribution in [3.63, 3.8) is 0 Å². The Hall–Kier alpha value is -1.82. The number of aromatic nitrogens is 3. The third kappa shape index (κ3) is 4.10. The first-order valence-electron chi connectivity index (χ1n) is 6.13. The molecule has 5 nitrogen and oxygen atoms in total. The van der Waals surface area contributed by atoms with Gasteiger partial charge in [0.1, 0.15) is 11.5 Å². The lowest BCUT2D eigenvalue weighted by atomic mass is 10.1. The molecule has 0 unspecified atom stereocenters. The molecule has 2 rings (SSSR count). The third-order valence-electron chi connectivity index (χ3n) is 2.42. The third-order valence-corrected chi connectivity index (χ3v) is 2.42. The minimum absolute atomic E-state index is 0.0569. The molecule has 19 heavy (non-hydrogen) atoms. The van der Waals surface area contributed by atoms with Gasteiger partial charge < -0.3 is 9.84 Å². The summed E-state index contributed by atoms with van der Waals surface area (Å²) in [5.41, 5.74) is 0.557. The van der Waals surface area contributed by atoms with Crippen LogP contribution in [0.2, 0.25) is 0 Å². The van der Waals surface area contributed by atoms with Crippen LogP contribution in [0, 0.1) is 5.82 Å². The fourth-order valence-electron chi connectivity index (χ4n) is 1.51. The standard InChI is InChI=1S/C13H17FN4O/c1-13(2,3)16-7-6-11-17-12(18-19-11)10-5-4-9(14)8-15-10/h4-5,8,16H,6-7H2,1-3H3. The number of rotatable bonds is 4. The number of nitrogens with one attached hydrogen (secondary N) is 1. The normalized spacial score (nSPS) is 11.8. The van der Waals surface area contributed by atoms with E-state index in [1.54, 1.807) is 0 Å². The predicted octanol–water partition coefficient (Wildman–Crippen LogP) is 2.20. The predicted molar refractivity (Wildman–Crippen MR) is 68.9 cm³/mol. The molecule has 0 atom stereocenters. The van der Waals surface area contributed by atoms with Crippen LogP contribution in [0.3, 0.4) is 0 Å². The number of hydrogen-bond acceptors (Lipinski definition) is 5. The molecule has 0 saturated carbocycles. The maximum Gasteiger partial charge on any atom is 0.228 e. The van der Waals surface area contributed by atoms with E-state index in [0.717, 1.165) is 12.7 Å². The highest BCUT2D eigenvalue weighted by Crippen LogP contribution is 2.13. The van der Waals surface area contributed by atoms with Crippen LogP contribution in [0.25, 0.3) is 11.5 Å². The van der Waals surface area contributed by atoms with Crippen molar-refractivity contribution < 1.29 is 8.91 Å². The Morgan fingerprint density at radius 2 is 2.11 bits per heavy atom. The summed E-state index contributed by atoms with van der Waals surface area (Å²) in [6, 6.07) is 2.84. The average molecular weight is 264 g/mol. The fourth-order valence-corrected chi connectivity index (χ4v) is 1.51. The van der Waals surface area contributed by atoms with Crippen molar-refractivity contribution in [1.82, 2.24) is 20.4 Å². The number of nitrogens with zero attached hydrogens (tertiary/aromatic N) is 3. The quantitative estimate of drug-likeness (QED) is 0.917. The van der Waals surface area contributed by atoms with Crippen molar-refractivity contribution in [2.45, 2.75) is 32.7 Å². The Bertz CT molecular complexity index is 530. The largest absolute Gasteiger partial charge is 0.339 e. The summed E-state index contributed by atoms with van der Waals surface area (Å²) >= 11 is 0. The highest BCUT2D eigenvalue weighted by atomic mass is 19.1. The van der Waals surface area contributed by atoms with Crippen LogP contribution >= 0.6 is 0 Å². The van der Waals surface area contributed by atoms with Crippen molar-refractivity contribution >= 4 is 0 Å². The number of pyridine rings is 1. The second-order valence-corrected chi connectivity index (χ2v) is 5.30. The lowest BCUT2D eigenvalue weighted by molar-refractivity contribution is 0.362. The van der Waals surface area contributed by atoms with Gasteiger partial charge in [-0.3, -0.25) is 0 Å². The van der Waals surface area contributed by atoms with Gasteiger partial charge in [0.15, 0.2) is 0 Å². The summed E-state index contributed by atoms with van der Waals surface area (Å²) in [7, 11) is 0. The van der Waals surface area contributed by atoms with Gasteiger partial charge in [0.2, 0.25) is 11.7 Å². The SMILES string of the molecule is CC(C)(C)NCCc1nc(-c2ccc(F)cn2)no1. The molecule has 0 fully saturated rings. The number of halogens is 1. The molecule has 0 saturated heterocycles. The fraction of sp³-hybridized carbons (Fsp3) is 0.462. The van der Waals surface area contributed by atoms with Gasteiger partial charge in [0, 0.05) is 18.5 Å². The van der Waals surface area contributed by atoms with E-state index in [4.69, 9.17) is 4.52 Å². The first-order valence-corrected chi connectivity index (χ1v) is 6.13. The van der Waals surface area contributed by atoms with Crippen molar-refractivity contribution in [2.75, 3.05) is 6.54 Å². The van der Waals surface area contributed by atoms with Crippen LogP contribution in [0.5, 0.6) is 0 Å². The molecule has 2 aromatic heterocycles. The van der Waals surface area contributed by atoms with Crippen LogP contribution in [0.1, 0.15) is 26.7 Å². The first-order chi connectivity index (χ1) is 8.94. The van der Waals surface area contributed by atoms with Gasteiger partial charge in [-0.15, -0.1) is 0 Å². The van der Waals surface area contributed by atoms with Gasteiger partial charge in [0.05, 0.1) is 6.20 Å². The molecular formula is C13H17FN4O. The molecule has 102 valence electrons. The molecule has 0 amide bonds. The van der Waals surface area contributed by atoms with Gasteiger partial charge in [0.25, 0.3) is 0 Å². The highest BCUT2D eigenvalue weighted by Gasteiger charge is 2.12. The van der Waals surface area contributed by atoms with E-state index in [-0.39, 0.29) is 11.4 Å². The zero-order valence-electron chi connectivity index (χ0n) is 11.3. The minimum atomic E-state index is -0.387. The molecule has 1 N–H and O–H groups in total. The van der Waals surface area contributed by atoms with Crippen LogP contribution < -0.4 is 5.32 Å². The van der Waals surface area contributed by atoms with Crippen molar-refractivity contribution in [1.29, 1.82) is 0 Å². The topological polar surface area (TPSA) is 63.8 Å². The second kappa shape index (κ2) is 5.44. The smallest absolute Gasteiger partial charge is 0.228 e. The Labute approximate surface area is 111 Å². The molecule has 0 aromatic carbocycles. The summed E-state index contributed by atoms with van der Waals surface area (Å²) in [5, 5.41) is 7.17. The Kier molecular flexibility index (Phi) is 3.90. The van der Waals surface area contributed by atoms with E-state index >= 15 is 0 Å². The van der Waals surface area contributed by atoms with Crippen molar-refractivity contribution in [2.24, 2.45) is 0 Å². The lowest BCUT2D eigenvalue weighted by Crippen LogP contribution is -2.37. The molecule has 0 radical (unpaired) electrons. The van der Waals surface area contributed by atoms with Gasteiger partial charge in [-0.1, -0.05) is 5.16 Å². The minimum Gasteiger partial charge on any atom is -0.339 e. The van der Waals surface area contributed by atoms with Crippen LogP contribution in [-0.4, -0.2) is 27.2 Å². The van der Waals surface area contributed by atoms with Crippen molar-refractivity contribution in [3.05, 3.63) is 30.0 Å². The van der Waals surface area contributed by atoms with E-state index < -0.39 is 0 Å².